The summed E-state index contributed by atoms with van der Waals surface area (Å²) < 4.78 is 0. The van der Waals surface area contributed by atoms with Gasteiger partial charge in [0, 0.05) is 44.5 Å². The Morgan fingerprint density at radius 1 is 1.20 bits per heavy atom. The monoisotopic (exact) mass is 276 g/mol. The van der Waals surface area contributed by atoms with E-state index in [9.17, 15) is 0 Å². The highest BCUT2D eigenvalue weighted by Crippen LogP contribution is 2.26. The Labute approximate surface area is 123 Å². The first-order chi connectivity index (χ1) is 9.75. The molecule has 1 aromatic rings. The number of piperazine rings is 1. The van der Waals surface area contributed by atoms with Gasteiger partial charge in [0.1, 0.15) is 5.82 Å². The second kappa shape index (κ2) is 7.04. The van der Waals surface area contributed by atoms with Gasteiger partial charge in [-0.1, -0.05) is 26.3 Å². The summed E-state index contributed by atoms with van der Waals surface area (Å²) >= 11 is 0. The van der Waals surface area contributed by atoms with E-state index in [1.807, 2.05) is 12.3 Å². The Bertz CT molecular complexity index is 381. The summed E-state index contributed by atoms with van der Waals surface area (Å²) in [6, 6.07) is 6.12. The number of aromatic nitrogens is 1. The van der Waals surface area contributed by atoms with Crippen LogP contribution in [0.3, 0.4) is 0 Å². The van der Waals surface area contributed by atoms with Crippen LogP contribution in [0.25, 0.3) is 0 Å². The summed E-state index contributed by atoms with van der Waals surface area (Å²) in [6.07, 6.45) is 5.41. The number of anilines is 1. The van der Waals surface area contributed by atoms with Crippen LogP contribution in [0.4, 0.5) is 5.82 Å². The fourth-order valence-electron chi connectivity index (χ4n) is 3.35. The molecule has 1 aliphatic heterocycles. The molecule has 4 heteroatoms. The van der Waals surface area contributed by atoms with E-state index < -0.39 is 0 Å². The van der Waals surface area contributed by atoms with Crippen LogP contribution in [0.2, 0.25) is 0 Å². The zero-order valence-electron chi connectivity index (χ0n) is 12.9. The third kappa shape index (κ3) is 3.13. The van der Waals surface area contributed by atoms with Crippen molar-refractivity contribution in [1.29, 1.82) is 0 Å². The largest absolute Gasteiger partial charge is 0.354 e. The van der Waals surface area contributed by atoms with Crippen LogP contribution in [0.15, 0.2) is 24.4 Å². The molecule has 1 atom stereocenters. The molecule has 0 radical (unpaired) electrons. The summed E-state index contributed by atoms with van der Waals surface area (Å²) in [7, 11) is 0. The van der Waals surface area contributed by atoms with Crippen LogP contribution < -0.4 is 10.6 Å². The molecule has 2 rings (SSSR count). The van der Waals surface area contributed by atoms with Gasteiger partial charge in [-0.15, -0.1) is 0 Å². The van der Waals surface area contributed by atoms with E-state index in [1.165, 1.54) is 12.8 Å². The highest BCUT2D eigenvalue weighted by Gasteiger charge is 2.34. The first-order valence-electron chi connectivity index (χ1n) is 7.87. The molecule has 1 fully saturated rings. The van der Waals surface area contributed by atoms with Gasteiger partial charge in [0.2, 0.25) is 0 Å². The minimum absolute atomic E-state index is 0.199. The molecule has 1 saturated heterocycles. The molecule has 1 aromatic heterocycles. The zero-order valence-corrected chi connectivity index (χ0v) is 12.9. The van der Waals surface area contributed by atoms with E-state index in [-0.39, 0.29) is 5.54 Å². The van der Waals surface area contributed by atoms with Crippen LogP contribution in [0, 0.1) is 0 Å². The predicted octanol–water partition coefficient (Wildman–Crippen LogP) is 2.11. The van der Waals surface area contributed by atoms with Gasteiger partial charge in [-0.25, -0.2) is 4.98 Å². The summed E-state index contributed by atoms with van der Waals surface area (Å²) in [4.78, 5) is 9.43. The normalized spacial score (nSPS) is 19.9. The Kier molecular flexibility index (Phi) is 5.38. The molecule has 0 amide bonds. The van der Waals surface area contributed by atoms with E-state index in [2.05, 4.69) is 40.8 Å². The highest BCUT2D eigenvalue weighted by molar-refractivity contribution is 5.38. The zero-order chi connectivity index (χ0) is 14.4. The molecule has 0 saturated carbocycles. The lowest BCUT2D eigenvalue weighted by Gasteiger charge is -2.47. The minimum atomic E-state index is 0.199. The van der Waals surface area contributed by atoms with Crippen molar-refractivity contribution in [3.63, 3.8) is 0 Å². The molecule has 0 spiro atoms. The Hall–Kier alpha value is -1.13. The molecular formula is C16H28N4. The van der Waals surface area contributed by atoms with E-state index >= 15 is 0 Å². The molecule has 2 N–H and O–H groups in total. The van der Waals surface area contributed by atoms with Crippen molar-refractivity contribution < 1.29 is 0 Å². The lowest BCUT2D eigenvalue weighted by Crippen LogP contribution is -2.60. The molecule has 20 heavy (non-hydrogen) atoms. The van der Waals surface area contributed by atoms with Crippen LogP contribution >= 0.6 is 0 Å². The maximum absolute atomic E-state index is 6.11. The Balaban J connectivity index is 1.99. The van der Waals surface area contributed by atoms with Gasteiger partial charge in [0.15, 0.2) is 0 Å². The quantitative estimate of drug-likeness (QED) is 0.864. The molecule has 1 unspecified atom stereocenters. The number of hydrogen-bond acceptors (Lipinski definition) is 4. The van der Waals surface area contributed by atoms with E-state index in [1.54, 1.807) is 0 Å². The smallest absolute Gasteiger partial charge is 0.128 e. The van der Waals surface area contributed by atoms with Crippen LogP contribution in [0.5, 0.6) is 0 Å². The predicted molar refractivity (Wildman–Crippen MR) is 85.0 cm³/mol. The number of pyridine rings is 1. The molecule has 0 aromatic carbocycles. The molecule has 0 aliphatic carbocycles. The highest BCUT2D eigenvalue weighted by atomic mass is 15.3. The first kappa shape index (κ1) is 15.3. The van der Waals surface area contributed by atoms with Gasteiger partial charge in [0.05, 0.1) is 0 Å². The van der Waals surface area contributed by atoms with E-state index in [0.717, 1.165) is 45.0 Å². The minimum Gasteiger partial charge on any atom is -0.354 e. The van der Waals surface area contributed by atoms with Gasteiger partial charge in [-0.3, -0.25) is 4.90 Å². The van der Waals surface area contributed by atoms with Gasteiger partial charge in [0.25, 0.3) is 0 Å². The van der Waals surface area contributed by atoms with Crippen molar-refractivity contribution in [2.75, 3.05) is 37.6 Å². The molecule has 0 bridgehead atoms. The fraction of sp³-hybridized carbons (Fsp3) is 0.688. The van der Waals surface area contributed by atoms with Crippen molar-refractivity contribution in [3.8, 4) is 0 Å². The molecule has 2 heterocycles. The second-order valence-corrected chi connectivity index (χ2v) is 5.69. The molecule has 1 aliphatic rings. The summed E-state index contributed by atoms with van der Waals surface area (Å²) in [5, 5.41) is 0. The third-order valence-electron chi connectivity index (χ3n) is 4.68. The van der Waals surface area contributed by atoms with Gasteiger partial charge >= 0.3 is 0 Å². The number of nitrogens with two attached hydrogens (primary N) is 1. The van der Waals surface area contributed by atoms with E-state index in [0.29, 0.717) is 0 Å². The summed E-state index contributed by atoms with van der Waals surface area (Å²) in [5.41, 5.74) is 6.31. The van der Waals surface area contributed by atoms with Crippen LogP contribution in [0.1, 0.15) is 33.1 Å². The molecule has 112 valence electrons. The van der Waals surface area contributed by atoms with Crippen LogP contribution in [-0.4, -0.2) is 48.1 Å². The average molecular weight is 276 g/mol. The van der Waals surface area contributed by atoms with Crippen molar-refractivity contribution in [2.45, 2.75) is 38.6 Å². The second-order valence-electron chi connectivity index (χ2n) is 5.69. The third-order valence-corrected chi connectivity index (χ3v) is 4.68. The van der Waals surface area contributed by atoms with Crippen molar-refractivity contribution in [3.05, 3.63) is 24.4 Å². The Morgan fingerprint density at radius 2 is 1.95 bits per heavy atom. The van der Waals surface area contributed by atoms with Gasteiger partial charge in [-0.05, 0) is 25.0 Å². The number of hydrogen-bond donors (Lipinski definition) is 1. The number of rotatable bonds is 6. The average Bonchev–Trinajstić information content (AvgIpc) is 2.54. The lowest BCUT2D eigenvalue weighted by atomic mass is 9.88. The SMILES string of the molecule is CCCC(CC)(CN)N1CCN(c2ccccn2)CC1. The summed E-state index contributed by atoms with van der Waals surface area (Å²) in [6.45, 7) is 9.55. The van der Waals surface area contributed by atoms with Crippen molar-refractivity contribution >= 4 is 5.82 Å². The van der Waals surface area contributed by atoms with Gasteiger partial charge < -0.3 is 10.6 Å². The Morgan fingerprint density at radius 3 is 2.45 bits per heavy atom. The topological polar surface area (TPSA) is 45.4 Å². The number of nitrogens with zero attached hydrogens (tertiary/aromatic N) is 3. The van der Waals surface area contributed by atoms with E-state index in [4.69, 9.17) is 5.73 Å². The van der Waals surface area contributed by atoms with Crippen LogP contribution in [-0.2, 0) is 0 Å². The lowest BCUT2D eigenvalue weighted by molar-refractivity contribution is 0.0733. The van der Waals surface area contributed by atoms with Crippen molar-refractivity contribution in [2.24, 2.45) is 5.73 Å². The maximum Gasteiger partial charge on any atom is 0.128 e. The molecule has 4 nitrogen and oxygen atoms in total. The first-order valence-corrected chi connectivity index (χ1v) is 7.87. The summed E-state index contributed by atoms with van der Waals surface area (Å²) in [5.74, 6) is 1.09. The fourth-order valence-corrected chi connectivity index (χ4v) is 3.35. The van der Waals surface area contributed by atoms with Crippen molar-refractivity contribution in [1.82, 2.24) is 9.88 Å². The van der Waals surface area contributed by atoms with Gasteiger partial charge in [-0.2, -0.15) is 0 Å². The molecular weight excluding hydrogens is 248 g/mol. The standard InChI is InChI=1S/C16H28N4/c1-3-8-16(4-2,14-17)20-12-10-19(11-13-20)15-7-5-6-9-18-15/h5-7,9H,3-4,8,10-14,17H2,1-2H3. The maximum atomic E-state index is 6.11.